The van der Waals surface area contributed by atoms with Crippen molar-refractivity contribution in [3.05, 3.63) is 11.1 Å². The van der Waals surface area contributed by atoms with Crippen molar-refractivity contribution in [3.63, 3.8) is 0 Å². The predicted molar refractivity (Wildman–Crippen MR) is 44.1 cm³/mol. The summed E-state index contributed by atoms with van der Waals surface area (Å²) in [6.07, 6.45) is 0. The van der Waals surface area contributed by atoms with Gasteiger partial charge in [0.15, 0.2) is 0 Å². The highest BCUT2D eigenvalue weighted by Gasteiger charge is 2.48. The van der Waals surface area contributed by atoms with E-state index in [2.05, 4.69) is 0 Å². The molecular weight excluding hydrogens is 172 g/mol. The van der Waals surface area contributed by atoms with E-state index in [0.717, 1.165) is 0 Å². The second kappa shape index (κ2) is 2.52. The number of ketones is 2. The zero-order chi connectivity index (χ0) is 10.4. The van der Waals surface area contributed by atoms with Crippen LogP contribution in [0.25, 0.3) is 0 Å². The van der Waals surface area contributed by atoms with Crippen molar-refractivity contribution < 1.29 is 19.5 Å². The Morgan fingerprint density at radius 1 is 1.31 bits per heavy atom. The van der Waals surface area contributed by atoms with Gasteiger partial charge in [0.25, 0.3) is 0 Å². The molecule has 1 aliphatic rings. The molecule has 0 fully saturated rings. The fourth-order valence-electron chi connectivity index (χ4n) is 1.58. The minimum Gasteiger partial charge on any atom is -0.478 e. The Morgan fingerprint density at radius 3 is 1.92 bits per heavy atom. The fraction of sp³-hybridized carbons (Fsp3) is 0.444. The third-order valence-electron chi connectivity index (χ3n) is 2.33. The van der Waals surface area contributed by atoms with Crippen molar-refractivity contribution in [1.82, 2.24) is 0 Å². The molecule has 0 heterocycles. The summed E-state index contributed by atoms with van der Waals surface area (Å²) >= 11 is 0. The maximum Gasteiger partial charge on any atom is 0.333 e. The summed E-state index contributed by atoms with van der Waals surface area (Å²) in [7, 11) is 0. The first kappa shape index (κ1) is 9.64. The molecular formula is C9H10O4. The van der Waals surface area contributed by atoms with Crippen LogP contribution in [0.5, 0.6) is 0 Å². The third-order valence-corrected chi connectivity index (χ3v) is 2.33. The highest BCUT2D eigenvalue weighted by molar-refractivity contribution is 6.50. The quantitative estimate of drug-likeness (QED) is 0.601. The van der Waals surface area contributed by atoms with Gasteiger partial charge >= 0.3 is 5.97 Å². The van der Waals surface area contributed by atoms with E-state index in [0.29, 0.717) is 0 Å². The molecule has 0 radical (unpaired) electrons. The molecule has 70 valence electrons. The lowest BCUT2D eigenvalue weighted by Gasteiger charge is -2.15. The minimum atomic E-state index is -1.19. The molecule has 0 amide bonds. The van der Waals surface area contributed by atoms with Crippen LogP contribution in [0.1, 0.15) is 20.8 Å². The summed E-state index contributed by atoms with van der Waals surface area (Å²) in [4.78, 5) is 33.2. The van der Waals surface area contributed by atoms with E-state index in [1.807, 2.05) is 0 Å². The standard InChI is InChI=1S/C9H10O4/c1-4-5(8(12)13)9(2,3)7(11)6(4)10/h1-3H3,(H,12,13). The number of allylic oxidation sites excluding steroid dienone is 1. The van der Waals surface area contributed by atoms with Gasteiger partial charge in [-0.1, -0.05) is 0 Å². The molecule has 1 rings (SSSR count). The van der Waals surface area contributed by atoms with Crippen molar-refractivity contribution >= 4 is 17.5 Å². The number of carbonyl (C=O) groups is 3. The van der Waals surface area contributed by atoms with Gasteiger partial charge in [-0.05, 0) is 20.8 Å². The minimum absolute atomic E-state index is 0.0579. The number of carboxylic acid groups (broad SMARTS) is 1. The summed E-state index contributed by atoms with van der Waals surface area (Å²) in [5.41, 5.74) is -1.20. The molecule has 1 N–H and O–H groups in total. The van der Waals surface area contributed by atoms with Crippen LogP contribution in [0.4, 0.5) is 0 Å². The Balaban J connectivity index is 3.39. The van der Waals surface area contributed by atoms with Crippen LogP contribution in [0.2, 0.25) is 0 Å². The van der Waals surface area contributed by atoms with Gasteiger partial charge in [0, 0.05) is 5.57 Å². The van der Waals surface area contributed by atoms with Crippen LogP contribution < -0.4 is 0 Å². The lowest BCUT2D eigenvalue weighted by molar-refractivity contribution is -0.139. The van der Waals surface area contributed by atoms with E-state index < -0.39 is 23.0 Å². The van der Waals surface area contributed by atoms with Gasteiger partial charge in [-0.3, -0.25) is 9.59 Å². The zero-order valence-corrected chi connectivity index (χ0v) is 7.67. The van der Waals surface area contributed by atoms with Crippen molar-refractivity contribution in [3.8, 4) is 0 Å². The second-order valence-corrected chi connectivity index (χ2v) is 3.59. The largest absolute Gasteiger partial charge is 0.478 e. The molecule has 0 unspecified atom stereocenters. The van der Waals surface area contributed by atoms with Crippen molar-refractivity contribution in [2.24, 2.45) is 5.41 Å². The Kier molecular flexibility index (Phi) is 1.87. The van der Waals surface area contributed by atoms with E-state index in [9.17, 15) is 14.4 Å². The van der Waals surface area contributed by atoms with Gasteiger partial charge in [-0.25, -0.2) is 4.79 Å². The van der Waals surface area contributed by atoms with Crippen LogP contribution in [0, 0.1) is 5.41 Å². The number of carbonyl (C=O) groups excluding carboxylic acids is 2. The SMILES string of the molecule is CC1=C(C(=O)O)C(C)(C)C(=O)C1=O. The first-order valence-electron chi connectivity index (χ1n) is 3.84. The summed E-state index contributed by atoms with van der Waals surface area (Å²) < 4.78 is 0. The topological polar surface area (TPSA) is 71.4 Å². The number of carboxylic acids is 1. The third kappa shape index (κ3) is 1.09. The monoisotopic (exact) mass is 182 g/mol. The van der Waals surface area contributed by atoms with E-state index in [1.165, 1.54) is 20.8 Å². The van der Waals surface area contributed by atoms with Crippen molar-refractivity contribution in [2.45, 2.75) is 20.8 Å². The first-order chi connectivity index (χ1) is 5.80. The molecule has 1 aliphatic carbocycles. The summed E-state index contributed by atoms with van der Waals surface area (Å²) in [5.74, 6) is -2.51. The number of hydrogen-bond acceptors (Lipinski definition) is 3. The van der Waals surface area contributed by atoms with Gasteiger partial charge in [-0.15, -0.1) is 0 Å². The molecule has 4 heteroatoms. The molecule has 0 aliphatic heterocycles. The maximum atomic E-state index is 11.3. The number of hydrogen-bond donors (Lipinski definition) is 1. The van der Waals surface area contributed by atoms with Crippen molar-refractivity contribution in [2.75, 3.05) is 0 Å². The van der Waals surface area contributed by atoms with E-state index in [4.69, 9.17) is 5.11 Å². The van der Waals surface area contributed by atoms with E-state index in [1.54, 1.807) is 0 Å². The lowest BCUT2D eigenvalue weighted by atomic mass is 9.84. The Labute approximate surface area is 75.2 Å². The summed E-state index contributed by atoms with van der Waals surface area (Å²) in [6, 6.07) is 0. The Morgan fingerprint density at radius 2 is 1.77 bits per heavy atom. The highest BCUT2D eigenvalue weighted by atomic mass is 16.4. The fourth-order valence-corrected chi connectivity index (χ4v) is 1.58. The molecule has 13 heavy (non-hydrogen) atoms. The number of aliphatic carboxylic acids is 1. The molecule has 4 nitrogen and oxygen atoms in total. The van der Waals surface area contributed by atoms with E-state index >= 15 is 0 Å². The average molecular weight is 182 g/mol. The molecule has 0 saturated heterocycles. The van der Waals surface area contributed by atoms with Crippen LogP contribution in [-0.4, -0.2) is 22.6 Å². The molecule has 0 bridgehead atoms. The van der Waals surface area contributed by atoms with Crippen LogP contribution in [0.3, 0.4) is 0 Å². The normalized spacial score (nSPS) is 21.2. The Hall–Kier alpha value is -1.45. The molecule has 0 aromatic rings. The average Bonchev–Trinajstić information content (AvgIpc) is 2.12. The van der Waals surface area contributed by atoms with Crippen LogP contribution in [-0.2, 0) is 14.4 Å². The highest BCUT2D eigenvalue weighted by Crippen LogP contribution is 2.37. The van der Waals surface area contributed by atoms with Gasteiger partial charge in [0.1, 0.15) is 0 Å². The van der Waals surface area contributed by atoms with Gasteiger partial charge in [0.05, 0.1) is 11.0 Å². The van der Waals surface area contributed by atoms with Gasteiger partial charge < -0.3 is 5.11 Å². The summed E-state index contributed by atoms with van der Waals surface area (Å²) in [6.45, 7) is 4.28. The van der Waals surface area contributed by atoms with E-state index in [-0.39, 0.29) is 11.1 Å². The first-order valence-corrected chi connectivity index (χ1v) is 3.84. The molecule has 0 aromatic heterocycles. The smallest absolute Gasteiger partial charge is 0.333 e. The number of Topliss-reactive ketones (excluding diaryl/α,β-unsaturated/α-hetero) is 2. The second-order valence-electron chi connectivity index (χ2n) is 3.59. The van der Waals surface area contributed by atoms with Crippen LogP contribution in [0.15, 0.2) is 11.1 Å². The maximum absolute atomic E-state index is 11.3. The zero-order valence-electron chi connectivity index (χ0n) is 7.67. The Bertz CT molecular complexity index is 347. The molecule has 0 spiro atoms. The predicted octanol–water partition coefficient (Wildman–Crippen LogP) is 0.566. The molecule has 0 atom stereocenters. The molecule has 0 saturated carbocycles. The molecule has 0 aromatic carbocycles. The summed E-state index contributed by atoms with van der Waals surface area (Å²) in [5, 5.41) is 8.79. The lowest BCUT2D eigenvalue weighted by Crippen LogP contribution is -2.27. The van der Waals surface area contributed by atoms with Gasteiger partial charge in [-0.2, -0.15) is 0 Å². The van der Waals surface area contributed by atoms with Gasteiger partial charge in [0.2, 0.25) is 11.6 Å². The number of rotatable bonds is 1. The van der Waals surface area contributed by atoms with Crippen molar-refractivity contribution in [1.29, 1.82) is 0 Å². The van der Waals surface area contributed by atoms with Crippen LogP contribution >= 0.6 is 0 Å².